The predicted octanol–water partition coefficient (Wildman–Crippen LogP) is 1.49. The number of anilines is 1. The normalized spacial score (nSPS) is 23.5. The number of aromatic nitrogens is 2. The molecule has 2 aromatic rings. The molecule has 0 radical (unpaired) electrons. The fourth-order valence-corrected chi connectivity index (χ4v) is 5.32. The zero-order valence-corrected chi connectivity index (χ0v) is 18.6. The monoisotopic (exact) mass is 438 g/mol. The Labute approximate surface area is 189 Å². The number of fused-ring (bicyclic) bond motifs is 1. The average molecular weight is 439 g/mol. The van der Waals surface area contributed by atoms with Crippen molar-refractivity contribution in [3.8, 4) is 5.69 Å². The molecule has 1 aliphatic carbocycles. The van der Waals surface area contributed by atoms with Crippen molar-refractivity contribution in [3.63, 3.8) is 0 Å². The molecule has 5 rings (SSSR count). The summed E-state index contributed by atoms with van der Waals surface area (Å²) in [5, 5.41) is 0. The first-order valence-electron chi connectivity index (χ1n) is 11.6. The van der Waals surface area contributed by atoms with Crippen LogP contribution >= 0.6 is 0 Å². The molecule has 2 atom stereocenters. The fourth-order valence-electron chi connectivity index (χ4n) is 5.32. The van der Waals surface area contributed by atoms with Crippen molar-refractivity contribution in [2.24, 2.45) is 23.3 Å². The molecule has 1 amide bonds. The maximum absolute atomic E-state index is 12.7. The molecule has 1 aromatic carbocycles. The van der Waals surface area contributed by atoms with Gasteiger partial charge in [0.15, 0.2) is 0 Å². The van der Waals surface area contributed by atoms with Crippen LogP contribution in [-0.2, 0) is 11.3 Å². The number of nitrogens with zero attached hydrogens (tertiary/aromatic N) is 4. The predicted molar refractivity (Wildman–Crippen MR) is 126 cm³/mol. The molecule has 3 fully saturated rings. The topological polar surface area (TPSA) is 110 Å². The largest absolute Gasteiger partial charge is 0.372 e. The van der Waals surface area contributed by atoms with Gasteiger partial charge in [0.1, 0.15) is 5.82 Å². The van der Waals surface area contributed by atoms with Gasteiger partial charge in [0.05, 0.1) is 5.69 Å². The number of carbonyl (C=O) groups is 1. The molecule has 2 aliphatic heterocycles. The Balaban J connectivity index is 0.000000775. The van der Waals surface area contributed by atoms with Crippen LogP contribution in [0.3, 0.4) is 0 Å². The molecule has 4 N–H and O–H groups in total. The van der Waals surface area contributed by atoms with E-state index < -0.39 is 0 Å². The summed E-state index contributed by atoms with van der Waals surface area (Å²) in [5.74, 6) is 2.42. The number of hydrogen-bond donors (Lipinski definition) is 2. The van der Waals surface area contributed by atoms with Gasteiger partial charge in [0.25, 0.3) is 0 Å². The van der Waals surface area contributed by atoms with E-state index in [2.05, 4.69) is 32.7 Å². The van der Waals surface area contributed by atoms with Gasteiger partial charge in [0, 0.05) is 31.9 Å². The van der Waals surface area contributed by atoms with Crippen molar-refractivity contribution >= 4 is 12.2 Å². The van der Waals surface area contributed by atoms with E-state index in [0.717, 1.165) is 68.9 Å². The quantitative estimate of drug-likeness (QED) is 0.700. The smallest absolute Gasteiger partial charge is 0.354 e. The minimum absolute atomic E-state index is 0.197. The van der Waals surface area contributed by atoms with Crippen molar-refractivity contribution in [1.82, 2.24) is 14.5 Å². The zero-order valence-electron chi connectivity index (χ0n) is 18.6. The van der Waals surface area contributed by atoms with E-state index in [4.69, 9.17) is 10.5 Å². The molecule has 1 saturated carbocycles. The first kappa shape index (κ1) is 22.5. The highest BCUT2D eigenvalue weighted by Gasteiger charge is 2.36. The van der Waals surface area contributed by atoms with Crippen molar-refractivity contribution in [3.05, 3.63) is 52.6 Å². The third-order valence-corrected chi connectivity index (χ3v) is 7.09. The third kappa shape index (κ3) is 5.19. The van der Waals surface area contributed by atoms with Crippen molar-refractivity contribution in [2.75, 3.05) is 31.1 Å². The van der Waals surface area contributed by atoms with Gasteiger partial charge < -0.3 is 16.4 Å². The Morgan fingerprint density at radius 1 is 1.00 bits per heavy atom. The molecule has 3 heterocycles. The summed E-state index contributed by atoms with van der Waals surface area (Å²) >= 11 is 0. The van der Waals surface area contributed by atoms with Gasteiger partial charge in [-0.15, -0.1) is 0 Å². The van der Waals surface area contributed by atoms with Gasteiger partial charge in [-0.1, -0.05) is 18.6 Å². The van der Waals surface area contributed by atoms with E-state index in [-0.39, 0.29) is 12.1 Å². The number of amides is 1. The molecule has 172 valence electrons. The number of rotatable bonds is 4. The SMILES string of the molecule is NC1CCN(Cc2ccc(-n3ccc(N4CC5CCCC5C4)nc3=O)cc2)CC1.NC=O. The first-order chi connectivity index (χ1) is 15.6. The van der Waals surface area contributed by atoms with Crippen LogP contribution in [-0.4, -0.2) is 53.1 Å². The number of likely N-dealkylation sites (tertiary alicyclic amines) is 1. The van der Waals surface area contributed by atoms with E-state index in [9.17, 15) is 4.79 Å². The molecule has 32 heavy (non-hydrogen) atoms. The van der Waals surface area contributed by atoms with Gasteiger partial charge in [-0.25, -0.2) is 4.79 Å². The highest BCUT2D eigenvalue weighted by Crippen LogP contribution is 2.38. The highest BCUT2D eigenvalue weighted by molar-refractivity contribution is 5.42. The molecular weight excluding hydrogens is 404 g/mol. The molecule has 8 nitrogen and oxygen atoms in total. The van der Waals surface area contributed by atoms with Gasteiger partial charge in [0.2, 0.25) is 6.41 Å². The van der Waals surface area contributed by atoms with Crippen molar-refractivity contribution in [1.29, 1.82) is 0 Å². The van der Waals surface area contributed by atoms with Crippen LogP contribution in [0.1, 0.15) is 37.7 Å². The Morgan fingerprint density at radius 3 is 2.22 bits per heavy atom. The van der Waals surface area contributed by atoms with E-state index >= 15 is 0 Å². The number of nitrogens with two attached hydrogens (primary N) is 2. The average Bonchev–Trinajstić information content (AvgIpc) is 3.39. The van der Waals surface area contributed by atoms with Gasteiger partial charge in [-0.05, 0) is 74.4 Å². The van der Waals surface area contributed by atoms with Gasteiger partial charge in [-0.2, -0.15) is 4.98 Å². The molecule has 8 heteroatoms. The Bertz CT molecular complexity index is 940. The Morgan fingerprint density at radius 2 is 1.62 bits per heavy atom. The third-order valence-electron chi connectivity index (χ3n) is 7.09. The van der Waals surface area contributed by atoms with Crippen molar-refractivity contribution < 1.29 is 4.79 Å². The maximum atomic E-state index is 12.7. The Kier molecular flexibility index (Phi) is 7.22. The van der Waals surface area contributed by atoms with Crippen molar-refractivity contribution in [2.45, 2.75) is 44.7 Å². The summed E-state index contributed by atoms with van der Waals surface area (Å²) < 4.78 is 1.64. The van der Waals surface area contributed by atoms with Crippen LogP contribution in [0, 0.1) is 11.8 Å². The summed E-state index contributed by atoms with van der Waals surface area (Å²) in [7, 11) is 0. The van der Waals surface area contributed by atoms with Crippen LogP contribution in [0.2, 0.25) is 0 Å². The molecule has 2 unspecified atom stereocenters. The van der Waals surface area contributed by atoms with E-state index in [1.807, 2.05) is 24.4 Å². The summed E-state index contributed by atoms with van der Waals surface area (Å²) in [5.41, 5.74) is 12.1. The second kappa shape index (κ2) is 10.3. The van der Waals surface area contributed by atoms with E-state index in [0.29, 0.717) is 6.04 Å². The lowest BCUT2D eigenvalue weighted by Crippen LogP contribution is -2.39. The number of carbonyl (C=O) groups excluding carboxylic acids is 1. The minimum atomic E-state index is -0.197. The zero-order chi connectivity index (χ0) is 22.5. The lowest BCUT2D eigenvalue weighted by molar-refractivity contribution is -0.106. The number of primary amides is 1. The van der Waals surface area contributed by atoms with Gasteiger partial charge in [-0.3, -0.25) is 14.3 Å². The van der Waals surface area contributed by atoms with Crippen LogP contribution in [0.5, 0.6) is 0 Å². The maximum Gasteiger partial charge on any atom is 0.354 e. The minimum Gasteiger partial charge on any atom is -0.372 e. The van der Waals surface area contributed by atoms with Crippen LogP contribution < -0.4 is 22.1 Å². The lowest BCUT2D eigenvalue weighted by Gasteiger charge is -2.30. The summed E-state index contributed by atoms with van der Waals surface area (Å²) in [6.45, 7) is 5.17. The second-order valence-electron chi connectivity index (χ2n) is 9.21. The lowest BCUT2D eigenvalue weighted by atomic mass is 10.0. The number of piperidine rings is 1. The fraction of sp³-hybridized carbons (Fsp3) is 0.542. The number of hydrogen-bond acceptors (Lipinski definition) is 6. The molecule has 0 bridgehead atoms. The number of benzene rings is 1. The van der Waals surface area contributed by atoms with E-state index in [1.165, 1.54) is 24.8 Å². The highest BCUT2D eigenvalue weighted by atomic mass is 16.1. The summed E-state index contributed by atoms with van der Waals surface area (Å²) in [6.07, 6.45) is 8.29. The Hall–Kier alpha value is -2.71. The molecular formula is C24H34N6O2. The van der Waals surface area contributed by atoms with Crippen LogP contribution in [0.15, 0.2) is 41.3 Å². The molecule has 1 aromatic heterocycles. The summed E-state index contributed by atoms with van der Waals surface area (Å²) in [6, 6.07) is 10.6. The van der Waals surface area contributed by atoms with E-state index in [1.54, 1.807) is 4.57 Å². The van der Waals surface area contributed by atoms with Crippen LogP contribution in [0.25, 0.3) is 5.69 Å². The van der Waals surface area contributed by atoms with Crippen LogP contribution in [0.4, 0.5) is 5.82 Å². The second-order valence-corrected chi connectivity index (χ2v) is 9.21. The first-order valence-corrected chi connectivity index (χ1v) is 11.6. The molecule has 2 saturated heterocycles. The molecule has 3 aliphatic rings. The summed E-state index contributed by atoms with van der Waals surface area (Å²) in [4.78, 5) is 30.4. The molecule has 0 spiro atoms. The van der Waals surface area contributed by atoms with Gasteiger partial charge >= 0.3 is 5.69 Å². The standard InChI is InChI=1S/C23H31N5O.CH3NO/c24-20-8-11-26(12-9-20)14-17-4-6-21(7-5-17)28-13-10-22(25-23(28)29)27-15-18-2-1-3-19(18)16-27;2-1-3/h4-7,10,13,18-20H,1-3,8-9,11-12,14-16,24H2;1H,(H2,2,3).